The van der Waals surface area contributed by atoms with Gasteiger partial charge in [0.15, 0.2) is 0 Å². The molecule has 0 aliphatic rings. The van der Waals surface area contributed by atoms with E-state index < -0.39 is 10.0 Å². The number of nitrogens with two attached hydrogens (primary N) is 1. The van der Waals surface area contributed by atoms with E-state index in [1.165, 1.54) is 11.3 Å². The van der Waals surface area contributed by atoms with E-state index in [2.05, 4.69) is 10.3 Å². The molecular formula is C9H17N3O2S2. The molecule has 5 nitrogen and oxygen atoms in total. The number of primary sulfonamides is 1. The van der Waals surface area contributed by atoms with Crippen LogP contribution in [0.3, 0.4) is 0 Å². The van der Waals surface area contributed by atoms with Crippen molar-refractivity contribution in [1.29, 1.82) is 0 Å². The molecule has 16 heavy (non-hydrogen) atoms. The van der Waals surface area contributed by atoms with Crippen LogP contribution in [0.1, 0.15) is 35.3 Å². The van der Waals surface area contributed by atoms with Crippen LogP contribution >= 0.6 is 11.3 Å². The Hall–Kier alpha value is -0.500. The number of aromatic nitrogens is 1. The van der Waals surface area contributed by atoms with Gasteiger partial charge >= 0.3 is 0 Å². The zero-order valence-electron chi connectivity index (χ0n) is 9.65. The third kappa shape index (κ3) is 3.82. The molecule has 0 unspecified atom stereocenters. The Balaban J connectivity index is 3.01. The van der Waals surface area contributed by atoms with E-state index in [1.807, 2.05) is 20.9 Å². The molecule has 92 valence electrons. The summed E-state index contributed by atoms with van der Waals surface area (Å²) in [5.41, 5.74) is 0.956. The lowest BCUT2D eigenvalue weighted by Gasteiger charge is -2.03. The van der Waals surface area contributed by atoms with E-state index in [9.17, 15) is 8.42 Å². The highest BCUT2D eigenvalue weighted by Crippen LogP contribution is 2.25. The smallest absolute Gasteiger partial charge is 0.215 e. The first-order valence-corrected chi connectivity index (χ1v) is 7.50. The summed E-state index contributed by atoms with van der Waals surface area (Å²) in [5.74, 6) is 0.106. The summed E-state index contributed by atoms with van der Waals surface area (Å²) in [7, 11) is -1.64. The van der Waals surface area contributed by atoms with Crippen LogP contribution in [-0.2, 0) is 22.3 Å². The van der Waals surface area contributed by atoms with Crippen molar-refractivity contribution in [1.82, 2.24) is 10.3 Å². The fourth-order valence-electron chi connectivity index (χ4n) is 1.39. The second kappa shape index (κ2) is 5.22. The Morgan fingerprint density at radius 1 is 1.50 bits per heavy atom. The van der Waals surface area contributed by atoms with Crippen molar-refractivity contribution in [3.05, 3.63) is 15.6 Å². The largest absolute Gasteiger partial charge is 0.315 e. The van der Waals surface area contributed by atoms with E-state index >= 15 is 0 Å². The molecule has 0 atom stereocenters. The van der Waals surface area contributed by atoms with Gasteiger partial charge in [-0.1, -0.05) is 13.8 Å². The molecule has 1 heterocycles. The van der Waals surface area contributed by atoms with Gasteiger partial charge < -0.3 is 5.32 Å². The molecule has 1 rings (SSSR count). The first-order valence-electron chi connectivity index (χ1n) is 4.97. The Morgan fingerprint density at radius 2 is 2.12 bits per heavy atom. The molecule has 0 amide bonds. The van der Waals surface area contributed by atoms with Gasteiger partial charge in [-0.2, -0.15) is 0 Å². The summed E-state index contributed by atoms with van der Waals surface area (Å²) in [4.78, 5) is 5.41. The summed E-state index contributed by atoms with van der Waals surface area (Å²) in [5, 5.41) is 8.61. The average molecular weight is 263 g/mol. The second-order valence-corrected chi connectivity index (χ2v) is 6.69. The topological polar surface area (TPSA) is 85.1 Å². The van der Waals surface area contributed by atoms with Gasteiger partial charge in [0.1, 0.15) is 10.8 Å². The van der Waals surface area contributed by atoms with Crippen molar-refractivity contribution < 1.29 is 8.42 Å². The molecule has 3 N–H and O–H groups in total. The SMILES string of the molecule is CNCc1sc(CS(N)(=O)=O)nc1C(C)C. The molecule has 0 saturated carbocycles. The minimum absolute atomic E-state index is 0.179. The molecule has 0 spiro atoms. The fraction of sp³-hybridized carbons (Fsp3) is 0.667. The van der Waals surface area contributed by atoms with E-state index in [-0.39, 0.29) is 11.7 Å². The van der Waals surface area contributed by atoms with E-state index in [1.54, 1.807) is 0 Å². The summed E-state index contributed by atoms with van der Waals surface area (Å²) < 4.78 is 22.0. The van der Waals surface area contributed by atoms with Crippen molar-refractivity contribution in [2.75, 3.05) is 7.05 Å². The lowest BCUT2D eigenvalue weighted by Crippen LogP contribution is -2.14. The van der Waals surface area contributed by atoms with E-state index in [0.717, 1.165) is 10.6 Å². The minimum Gasteiger partial charge on any atom is -0.315 e. The monoisotopic (exact) mass is 263 g/mol. The quantitative estimate of drug-likeness (QED) is 0.822. The lowest BCUT2D eigenvalue weighted by molar-refractivity contribution is 0.596. The number of nitrogens with zero attached hydrogens (tertiary/aromatic N) is 1. The predicted molar refractivity (Wildman–Crippen MR) is 65.8 cm³/mol. The molecule has 7 heteroatoms. The van der Waals surface area contributed by atoms with Crippen LogP contribution in [-0.4, -0.2) is 20.4 Å². The Kier molecular flexibility index (Phi) is 4.43. The van der Waals surface area contributed by atoms with Gasteiger partial charge in [-0.3, -0.25) is 0 Å². The number of hydrogen-bond donors (Lipinski definition) is 2. The van der Waals surface area contributed by atoms with Crippen LogP contribution in [0.15, 0.2) is 0 Å². The van der Waals surface area contributed by atoms with Crippen LogP contribution in [0.5, 0.6) is 0 Å². The number of sulfonamides is 1. The van der Waals surface area contributed by atoms with Crippen LogP contribution in [0.25, 0.3) is 0 Å². The zero-order chi connectivity index (χ0) is 12.3. The first kappa shape index (κ1) is 13.6. The van der Waals surface area contributed by atoms with Crippen molar-refractivity contribution >= 4 is 21.4 Å². The van der Waals surface area contributed by atoms with Gasteiger partial charge in [0.2, 0.25) is 10.0 Å². The molecule has 1 aromatic heterocycles. The van der Waals surface area contributed by atoms with Gasteiger partial charge in [0.05, 0.1) is 5.69 Å². The fourth-order valence-corrected chi connectivity index (χ4v) is 3.55. The summed E-state index contributed by atoms with van der Waals surface area (Å²) in [6.07, 6.45) is 0. The highest BCUT2D eigenvalue weighted by atomic mass is 32.2. The van der Waals surface area contributed by atoms with E-state index in [4.69, 9.17) is 5.14 Å². The van der Waals surface area contributed by atoms with Crippen LogP contribution in [0, 0.1) is 0 Å². The van der Waals surface area contributed by atoms with Gasteiger partial charge in [0.25, 0.3) is 0 Å². The second-order valence-electron chi connectivity index (χ2n) is 3.91. The standard InChI is InChI=1S/C9H17N3O2S2/c1-6(2)9-7(4-11-3)15-8(12-9)5-16(10,13)14/h6,11H,4-5H2,1-3H3,(H2,10,13,14). The third-order valence-electron chi connectivity index (χ3n) is 1.98. The Labute approximate surface area is 100 Å². The highest BCUT2D eigenvalue weighted by Gasteiger charge is 2.16. The zero-order valence-corrected chi connectivity index (χ0v) is 11.3. The third-order valence-corrected chi connectivity index (χ3v) is 3.91. The van der Waals surface area contributed by atoms with Crippen LogP contribution in [0.4, 0.5) is 0 Å². The van der Waals surface area contributed by atoms with E-state index in [0.29, 0.717) is 11.6 Å². The molecular weight excluding hydrogens is 246 g/mol. The Morgan fingerprint density at radius 3 is 2.56 bits per heavy atom. The minimum atomic E-state index is -3.49. The van der Waals surface area contributed by atoms with Gasteiger partial charge in [0, 0.05) is 11.4 Å². The average Bonchev–Trinajstić information content (AvgIpc) is 2.45. The molecule has 0 saturated heterocycles. The number of thiazole rings is 1. The van der Waals surface area contributed by atoms with Crippen molar-refractivity contribution in [3.63, 3.8) is 0 Å². The predicted octanol–water partition coefficient (Wildman–Crippen LogP) is 0.774. The summed E-state index contributed by atoms with van der Waals surface area (Å²) >= 11 is 1.41. The summed E-state index contributed by atoms with van der Waals surface area (Å²) in [6.45, 7) is 4.78. The maximum absolute atomic E-state index is 11.0. The number of hydrogen-bond acceptors (Lipinski definition) is 5. The van der Waals surface area contributed by atoms with Crippen molar-refractivity contribution in [2.24, 2.45) is 5.14 Å². The molecule has 0 aromatic carbocycles. The van der Waals surface area contributed by atoms with Gasteiger partial charge in [-0.15, -0.1) is 11.3 Å². The maximum atomic E-state index is 11.0. The Bertz CT molecular complexity index is 451. The number of rotatable bonds is 5. The van der Waals surface area contributed by atoms with Crippen LogP contribution in [0.2, 0.25) is 0 Å². The number of nitrogens with one attached hydrogen (secondary N) is 1. The van der Waals surface area contributed by atoms with Gasteiger partial charge in [-0.05, 0) is 13.0 Å². The summed E-state index contributed by atoms with van der Waals surface area (Å²) in [6, 6.07) is 0. The van der Waals surface area contributed by atoms with Crippen LogP contribution < -0.4 is 10.5 Å². The normalized spacial score (nSPS) is 12.3. The lowest BCUT2D eigenvalue weighted by atomic mass is 10.1. The van der Waals surface area contributed by atoms with Crippen molar-refractivity contribution in [2.45, 2.75) is 32.1 Å². The maximum Gasteiger partial charge on any atom is 0.215 e. The molecule has 0 aliphatic heterocycles. The van der Waals surface area contributed by atoms with Crippen molar-refractivity contribution in [3.8, 4) is 0 Å². The first-order chi connectivity index (χ1) is 7.33. The molecule has 1 aromatic rings. The van der Waals surface area contributed by atoms with Gasteiger partial charge in [-0.25, -0.2) is 18.5 Å². The molecule has 0 aliphatic carbocycles. The molecule has 0 fully saturated rings. The highest BCUT2D eigenvalue weighted by molar-refractivity contribution is 7.88. The molecule has 0 radical (unpaired) electrons. The molecule has 0 bridgehead atoms.